The Morgan fingerprint density at radius 2 is 1.62 bits per heavy atom. The largest absolute Gasteiger partial charge is 0.466 e. The molecule has 0 heterocycles. The van der Waals surface area contributed by atoms with Crippen molar-refractivity contribution in [2.45, 2.75) is 51.4 Å². The summed E-state index contributed by atoms with van der Waals surface area (Å²) in [5, 5.41) is 0. The van der Waals surface area contributed by atoms with Crippen LogP contribution in [-0.4, -0.2) is 13.1 Å². The number of ether oxygens (including phenoxy) is 1. The van der Waals surface area contributed by atoms with E-state index in [0.29, 0.717) is 0 Å². The molecule has 0 spiro atoms. The van der Waals surface area contributed by atoms with Crippen LogP contribution in [0.15, 0.2) is 24.8 Å². The Balaban J connectivity index is 3.12. The van der Waals surface area contributed by atoms with Crippen molar-refractivity contribution in [2.75, 3.05) is 7.11 Å². The van der Waals surface area contributed by atoms with E-state index in [2.05, 4.69) is 11.3 Å². The van der Waals surface area contributed by atoms with Gasteiger partial charge in [0.2, 0.25) is 0 Å². The molecule has 0 fully saturated rings. The van der Waals surface area contributed by atoms with E-state index >= 15 is 0 Å². The first-order valence-electron chi connectivity index (χ1n) is 6.16. The fourth-order valence-electron chi connectivity index (χ4n) is 1.51. The zero-order chi connectivity index (χ0) is 12.1. The smallest absolute Gasteiger partial charge is 0.330 e. The van der Waals surface area contributed by atoms with Crippen molar-refractivity contribution in [3.05, 3.63) is 24.8 Å². The molecule has 0 N–H and O–H groups in total. The van der Waals surface area contributed by atoms with Crippen LogP contribution >= 0.6 is 0 Å². The quantitative estimate of drug-likeness (QED) is 0.242. The summed E-state index contributed by atoms with van der Waals surface area (Å²) in [5.41, 5.74) is 0. The summed E-state index contributed by atoms with van der Waals surface area (Å²) < 4.78 is 4.50. The third kappa shape index (κ3) is 11.0. The molecule has 0 aromatic rings. The van der Waals surface area contributed by atoms with E-state index in [1.54, 1.807) is 0 Å². The minimum absolute atomic E-state index is 0.260. The van der Waals surface area contributed by atoms with Crippen molar-refractivity contribution in [2.24, 2.45) is 0 Å². The van der Waals surface area contributed by atoms with E-state index in [0.717, 1.165) is 19.3 Å². The molecule has 0 saturated carbocycles. The maximum absolute atomic E-state index is 10.7. The number of carbonyl (C=O) groups is 1. The molecule has 16 heavy (non-hydrogen) atoms. The Labute approximate surface area is 99.4 Å². The third-order valence-electron chi connectivity index (χ3n) is 2.48. The van der Waals surface area contributed by atoms with Crippen LogP contribution < -0.4 is 0 Å². The predicted molar refractivity (Wildman–Crippen MR) is 68.3 cm³/mol. The average molecular weight is 224 g/mol. The standard InChI is InChI=1S/C14H24O2/c1-3-4-5-6-7-8-9-10-11-12-13-14(15)16-2/h3,12-13H,1,4-11H2,2H3/b13-12-. The van der Waals surface area contributed by atoms with Gasteiger partial charge >= 0.3 is 5.97 Å². The van der Waals surface area contributed by atoms with Gasteiger partial charge in [-0.15, -0.1) is 6.58 Å². The fourth-order valence-corrected chi connectivity index (χ4v) is 1.51. The number of unbranched alkanes of at least 4 members (excludes halogenated alkanes) is 7. The van der Waals surface area contributed by atoms with Gasteiger partial charge in [-0.05, 0) is 25.7 Å². The molecule has 0 bridgehead atoms. The number of hydrogen-bond donors (Lipinski definition) is 0. The number of esters is 1. The number of methoxy groups -OCH3 is 1. The van der Waals surface area contributed by atoms with Gasteiger partial charge < -0.3 is 4.74 Å². The van der Waals surface area contributed by atoms with Crippen molar-refractivity contribution < 1.29 is 9.53 Å². The van der Waals surface area contributed by atoms with E-state index in [1.807, 2.05) is 12.2 Å². The molecule has 0 unspecified atom stereocenters. The molecule has 0 saturated heterocycles. The highest BCUT2D eigenvalue weighted by atomic mass is 16.5. The number of carbonyl (C=O) groups excluding carboxylic acids is 1. The summed E-state index contributed by atoms with van der Waals surface area (Å²) in [6, 6.07) is 0. The summed E-state index contributed by atoms with van der Waals surface area (Å²) >= 11 is 0. The highest BCUT2D eigenvalue weighted by Crippen LogP contribution is 2.08. The molecule has 0 aliphatic rings. The Kier molecular flexibility index (Phi) is 11.2. The summed E-state index contributed by atoms with van der Waals surface area (Å²) in [6.45, 7) is 3.70. The Bertz CT molecular complexity index is 207. The van der Waals surface area contributed by atoms with Crippen molar-refractivity contribution in [1.29, 1.82) is 0 Å². The lowest BCUT2D eigenvalue weighted by Crippen LogP contribution is -1.93. The van der Waals surface area contributed by atoms with E-state index in [-0.39, 0.29) is 5.97 Å². The van der Waals surface area contributed by atoms with Gasteiger partial charge in [0.05, 0.1) is 7.11 Å². The third-order valence-corrected chi connectivity index (χ3v) is 2.48. The molecule has 2 heteroatoms. The summed E-state index contributed by atoms with van der Waals surface area (Å²) in [6.07, 6.45) is 15.1. The maximum atomic E-state index is 10.7. The molecule has 0 aliphatic heterocycles. The second kappa shape index (κ2) is 12.0. The van der Waals surface area contributed by atoms with Crippen molar-refractivity contribution in [3.8, 4) is 0 Å². The highest BCUT2D eigenvalue weighted by molar-refractivity contribution is 5.81. The van der Waals surface area contributed by atoms with Gasteiger partial charge in [0.15, 0.2) is 0 Å². The molecule has 0 rings (SSSR count). The molecule has 0 aliphatic carbocycles. The van der Waals surface area contributed by atoms with Gasteiger partial charge in [-0.3, -0.25) is 0 Å². The minimum atomic E-state index is -0.260. The Morgan fingerprint density at radius 3 is 2.19 bits per heavy atom. The van der Waals surface area contributed by atoms with Crippen LogP contribution in [0.1, 0.15) is 51.4 Å². The number of hydrogen-bond acceptors (Lipinski definition) is 2. The maximum Gasteiger partial charge on any atom is 0.330 e. The summed E-state index contributed by atoms with van der Waals surface area (Å²) in [4.78, 5) is 10.7. The predicted octanol–water partition coefficient (Wildman–Crippen LogP) is 4.02. The lowest BCUT2D eigenvalue weighted by Gasteiger charge is -1.98. The zero-order valence-corrected chi connectivity index (χ0v) is 10.4. The average Bonchev–Trinajstić information content (AvgIpc) is 2.31. The lowest BCUT2D eigenvalue weighted by atomic mass is 10.1. The van der Waals surface area contributed by atoms with E-state index in [4.69, 9.17) is 0 Å². The van der Waals surface area contributed by atoms with Crippen LogP contribution in [0, 0.1) is 0 Å². The van der Waals surface area contributed by atoms with Gasteiger partial charge in [0.1, 0.15) is 0 Å². The first-order chi connectivity index (χ1) is 7.81. The first-order valence-corrected chi connectivity index (χ1v) is 6.16. The molecular weight excluding hydrogens is 200 g/mol. The van der Waals surface area contributed by atoms with E-state index in [1.165, 1.54) is 45.3 Å². The van der Waals surface area contributed by atoms with Gasteiger partial charge in [-0.1, -0.05) is 37.8 Å². The molecule has 0 aromatic carbocycles. The normalized spacial score (nSPS) is 10.6. The molecule has 92 valence electrons. The van der Waals surface area contributed by atoms with Gasteiger partial charge in [-0.2, -0.15) is 0 Å². The Hall–Kier alpha value is -1.05. The molecule has 0 aromatic heterocycles. The highest BCUT2D eigenvalue weighted by Gasteiger charge is 1.91. The SMILES string of the molecule is C=CCCCCCCCC/C=C\C(=O)OC. The molecule has 0 amide bonds. The summed E-state index contributed by atoms with van der Waals surface area (Å²) in [7, 11) is 1.40. The lowest BCUT2D eigenvalue weighted by molar-refractivity contribution is -0.134. The molecular formula is C14H24O2. The fraction of sp³-hybridized carbons (Fsp3) is 0.643. The topological polar surface area (TPSA) is 26.3 Å². The summed E-state index contributed by atoms with van der Waals surface area (Å²) in [5.74, 6) is -0.260. The van der Waals surface area contributed by atoms with Gasteiger partial charge in [-0.25, -0.2) is 4.79 Å². The second-order valence-electron chi connectivity index (χ2n) is 3.91. The van der Waals surface area contributed by atoms with Crippen molar-refractivity contribution >= 4 is 5.97 Å². The Morgan fingerprint density at radius 1 is 1.06 bits per heavy atom. The minimum Gasteiger partial charge on any atom is -0.466 e. The first kappa shape index (κ1) is 14.9. The molecule has 0 atom stereocenters. The van der Waals surface area contributed by atoms with Crippen LogP contribution in [0.5, 0.6) is 0 Å². The van der Waals surface area contributed by atoms with Crippen LogP contribution in [0.25, 0.3) is 0 Å². The second-order valence-corrected chi connectivity index (χ2v) is 3.91. The molecule has 0 radical (unpaired) electrons. The van der Waals surface area contributed by atoms with Crippen LogP contribution in [0.3, 0.4) is 0 Å². The van der Waals surface area contributed by atoms with E-state index < -0.39 is 0 Å². The number of allylic oxidation sites excluding steroid dienone is 2. The van der Waals surface area contributed by atoms with E-state index in [9.17, 15) is 4.79 Å². The number of rotatable bonds is 10. The molecule has 2 nitrogen and oxygen atoms in total. The van der Waals surface area contributed by atoms with Gasteiger partial charge in [0.25, 0.3) is 0 Å². The monoisotopic (exact) mass is 224 g/mol. The van der Waals surface area contributed by atoms with Crippen LogP contribution in [0.2, 0.25) is 0 Å². The van der Waals surface area contributed by atoms with Crippen LogP contribution in [-0.2, 0) is 9.53 Å². The van der Waals surface area contributed by atoms with Gasteiger partial charge in [0, 0.05) is 6.08 Å². The van der Waals surface area contributed by atoms with Crippen molar-refractivity contribution in [1.82, 2.24) is 0 Å². The van der Waals surface area contributed by atoms with Crippen LogP contribution in [0.4, 0.5) is 0 Å². The zero-order valence-electron chi connectivity index (χ0n) is 10.4. The van der Waals surface area contributed by atoms with Crippen molar-refractivity contribution in [3.63, 3.8) is 0 Å².